The average Bonchev–Trinajstić information content (AvgIpc) is 3.14. The van der Waals surface area contributed by atoms with Crippen molar-refractivity contribution in [1.82, 2.24) is 9.80 Å². The predicted octanol–water partition coefficient (Wildman–Crippen LogP) is 1.22. The first kappa shape index (κ1) is 15.8. The number of nitrogens with zero attached hydrogens (tertiary/aromatic N) is 2. The van der Waals surface area contributed by atoms with Crippen molar-refractivity contribution >= 4 is 11.8 Å². The summed E-state index contributed by atoms with van der Waals surface area (Å²) in [7, 11) is 0. The standard InChI is InChI=1S/C17H29N3O2/c1-12-2-4-15(5-3-12)20-11-14(8-16(20)21)17(22)19-7-6-13(9-18)10-19/h12-15H,2-11,18H2,1H3. The van der Waals surface area contributed by atoms with Gasteiger partial charge in [-0.3, -0.25) is 9.59 Å². The third-order valence-corrected chi connectivity index (χ3v) is 5.86. The molecule has 1 aliphatic carbocycles. The zero-order chi connectivity index (χ0) is 15.7. The molecule has 3 fully saturated rings. The molecule has 0 aromatic carbocycles. The third kappa shape index (κ3) is 3.14. The van der Waals surface area contributed by atoms with Crippen molar-refractivity contribution in [2.45, 2.75) is 51.5 Å². The van der Waals surface area contributed by atoms with Gasteiger partial charge in [0.15, 0.2) is 0 Å². The summed E-state index contributed by atoms with van der Waals surface area (Å²) in [6, 6.07) is 0.372. The number of likely N-dealkylation sites (tertiary alicyclic amines) is 2. The highest BCUT2D eigenvalue weighted by Gasteiger charge is 2.41. The largest absolute Gasteiger partial charge is 0.342 e. The third-order valence-electron chi connectivity index (χ3n) is 5.86. The molecule has 124 valence electrons. The molecule has 0 bridgehead atoms. The molecule has 2 saturated heterocycles. The van der Waals surface area contributed by atoms with Crippen LogP contribution in [0.25, 0.3) is 0 Å². The SMILES string of the molecule is CC1CCC(N2CC(C(=O)N3CCC(CN)C3)CC2=O)CC1. The van der Waals surface area contributed by atoms with Crippen LogP contribution in [0.5, 0.6) is 0 Å². The van der Waals surface area contributed by atoms with Crippen LogP contribution >= 0.6 is 0 Å². The van der Waals surface area contributed by atoms with Gasteiger partial charge in [0.2, 0.25) is 11.8 Å². The summed E-state index contributed by atoms with van der Waals surface area (Å²) >= 11 is 0. The Kier molecular flexibility index (Phi) is 4.71. The van der Waals surface area contributed by atoms with Gasteiger partial charge in [0.25, 0.3) is 0 Å². The van der Waals surface area contributed by atoms with Gasteiger partial charge in [-0.25, -0.2) is 0 Å². The van der Waals surface area contributed by atoms with E-state index < -0.39 is 0 Å². The monoisotopic (exact) mass is 307 g/mol. The molecule has 5 nitrogen and oxygen atoms in total. The van der Waals surface area contributed by atoms with Gasteiger partial charge in [0, 0.05) is 32.1 Å². The fraction of sp³-hybridized carbons (Fsp3) is 0.882. The smallest absolute Gasteiger partial charge is 0.228 e. The van der Waals surface area contributed by atoms with E-state index in [0.29, 0.717) is 31.5 Å². The molecule has 0 aromatic heterocycles. The van der Waals surface area contributed by atoms with E-state index in [2.05, 4.69) is 6.92 Å². The molecule has 2 unspecified atom stereocenters. The molecule has 5 heteroatoms. The van der Waals surface area contributed by atoms with Gasteiger partial charge < -0.3 is 15.5 Å². The zero-order valence-corrected chi connectivity index (χ0v) is 13.7. The van der Waals surface area contributed by atoms with Crippen LogP contribution in [0.1, 0.15) is 45.4 Å². The van der Waals surface area contributed by atoms with E-state index in [1.165, 1.54) is 12.8 Å². The maximum atomic E-state index is 12.6. The predicted molar refractivity (Wildman–Crippen MR) is 85.0 cm³/mol. The molecular weight excluding hydrogens is 278 g/mol. The summed E-state index contributed by atoms with van der Waals surface area (Å²) in [5, 5.41) is 0. The number of hydrogen-bond donors (Lipinski definition) is 1. The van der Waals surface area contributed by atoms with E-state index in [4.69, 9.17) is 5.73 Å². The van der Waals surface area contributed by atoms with E-state index in [1.807, 2.05) is 9.80 Å². The summed E-state index contributed by atoms with van der Waals surface area (Å²) in [5.74, 6) is 1.47. The normalized spacial score (nSPS) is 36.2. The molecular formula is C17H29N3O2. The highest BCUT2D eigenvalue weighted by Crippen LogP contribution is 2.32. The average molecular weight is 307 g/mol. The van der Waals surface area contributed by atoms with Crippen molar-refractivity contribution in [3.05, 3.63) is 0 Å². The molecule has 0 radical (unpaired) electrons. The summed E-state index contributed by atoms with van der Waals surface area (Å²) in [4.78, 5) is 28.9. The Labute approximate surface area is 133 Å². The second kappa shape index (κ2) is 6.57. The topological polar surface area (TPSA) is 66.6 Å². The Morgan fingerprint density at radius 3 is 2.55 bits per heavy atom. The molecule has 0 aromatic rings. The van der Waals surface area contributed by atoms with Crippen LogP contribution in [0, 0.1) is 17.8 Å². The van der Waals surface area contributed by atoms with Gasteiger partial charge in [-0.2, -0.15) is 0 Å². The highest BCUT2D eigenvalue weighted by atomic mass is 16.2. The molecule has 2 heterocycles. The fourth-order valence-corrected chi connectivity index (χ4v) is 4.29. The fourth-order valence-electron chi connectivity index (χ4n) is 4.29. The summed E-state index contributed by atoms with van der Waals surface area (Å²) in [5.41, 5.74) is 5.70. The van der Waals surface area contributed by atoms with Gasteiger partial charge in [-0.1, -0.05) is 6.92 Å². The maximum Gasteiger partial charge on any atom is 0.228 e. The molecule has 2 N–H and O–H groups in total. The van der Waals surface area contributed by atoms with Crippen LogP contribution in [0.3, 0.4) is 0 Å². The second-order valence-corrected chi connectivity index (χ2v) is 7.54. The number of carbonyl (C=O) groups excluding carboxylic acids is 2. The van der Waals surface area contributed by atoms with Gasteiger partial charge in [-0.15, -0.1) is 0 Å². The van der Waals surface area contributed by atoms with Crippen LogP contribution < -0.4 is 5.73 Å². The van der Waals surface area contributed by atoms with Crippen LogP contribution in [-0.4, -0.2) is 53.8 Å². The Hall–Kier alpha value is -1.10. The lowest BCUT2D eigenvalue weighted by molar-refractivity contribution is -0.135. The quantitative estimate of drug-likeness (QED) is 0.852. The van der Waals surface area contributed by atoms with E-state index in [0.717, 1.165) is 38.3 Å². The van der Waals surface area contributed by atoms with Crippen molar-refractivity contribution in [2.75, 3.05) is 26.2 Å². The van der Waals surface area contributed by atoms with Crippen molar-refractivity contribution in [2.24, 2.45) is 23.5 Å². The van der Waals surface area contributed by atoms with Gasteiger partial charge >= 0.3 is 0 Å². The zero-order valence-electron chi connectivity index (χ0n) is 13.7. The molecule has 0 spiro atoms. The number of hydrogen-bond acceptors (Lipinski definition) is 3. The van der Waals surface area contributed by atoms with E-state index in [1.54, 1.807) is 0 Å². The molecule has 2 amide bonds. The van der Waals surface area contributed by atoms with E-state index in [-0.39, 0.29) is 17.7 Å². The first-order chi connectivity index (χ1) is 10.6. The minimum absolute atomic E-state index is 0.122. The van der Waals surface area contributed by atoms with Crippen LogP contribution in [0.15, 0.2) is 0 Å². The summed E-state index contributed by atoms with van der Waals surface area (Å²) < 4.78 is 0. The lowest BCUT2D eigenvalue weighted by Gasteiger charge is -2.33. The summed E-state index contributed by atoms with van der Waals surface area (Å²) in [6.07, 6.45) is 6.04. The Balaban J connectivity index is 1.56. The molecule has 3 rings (SSSR count). The van der Waals surface area contributed by atoms with Crippen molar-refractivity contribution in [3.63, 3.8) is 0 Å². The number of rotatable bonds is 3. The van der Waals surface area contributed by atoms with Gasteiger partial charge in [-0.05, 0) is 50.5 Å². The van der Waals surface area contributed by atoms with Gasteiger partial charge in [0.05, 0.1) is 5.92 Å². The maximum absolute atomic E-state index is 12.6. The first-order valence-corrected chi connectivity index (χ1v) is 8.86. The molecule has 1 saturated carbocycles. The van der Waals surface area contributed by atoms with E-state index >= 15 is 0 Å². The van der Waals surface area contributed by atoms with Gasteiger partial charge in [0.1, 0.15) is 0 Å². The lowest BCUT2D eigenvalue weighted by atomic mass is 9.86. The number of amides is 2. The van der Waals surface area contributed by atoms with Crippen LogP contribution in [0.4, 0.5) is 0 Å². The first-order valence-electron chi connectivity index (χ1n) is 8.86. The van der Waals surface area contributed by atoms with Crippen molar-refractivity contribution in [1.29, 1.82) is 0 Å². The Bertz CT molecular complexity index is 432. The van der Waals surface area contributed by atoms with Crippen molar-refractivity contribution < 1.29 is 9.59 Å². The Morgan fingerprint density at radius 2 is 1.91 bits per heavy atom. The number of nitrogens with two attached hydrogens (primary N) is 1. The molecule has 22 heavy (non-hydrogen) atoms. The van der Waals surface area contributed by atoms with Crippen molar-refractivity contribution in [3.8, 4) is 0 Å². The minimum Gasteiger partial charge on any atom is -0.342 e. The molecule has 2 aliphatic heterocycles. The summed E-state index contributed by atoms with van der Waals surface area (Å²) in [6.45, 7) is 5.17. The second-order valence-electron chi connectivity index (χ2n) is 7.54. The van der Waals surface area contributed by atoms with Crippen LogP contribution in [-0.2, 0) is 9.59 Å². The Morgan fingerprint density at radius 1 is 1.18 bits per heavy atom. The molecule has 2 atom stereocenters. The molecule has 3 aliphatic rings. The number of carbonyl (C=O) groups is 2. The lowest BCUT2D eigenvalue weighted by Crippen LogP contribution is -2.40. The van der Waals surface area contributed by atoms with Crippen LogP contribution in [0.2, 0.25) is 0 Å². The highest BCUT2D eigenvalue weighted by molar-refractivity contribution is 5.89. The van der Waals surface area contributed by atoms with E-state index in [9.17, 15) is 9.59 Å². The minimum atomic E-state index is -0.122.